The molecule has 0 spiro atoms. The van der Waals surface area contributed by atoms with E-state index in [9.17, 15) is 14.0 Å². The second-order valence-electron chi connectivity index (χ2n) is 6.67. The van der Waals surface area contributed by atoms with Crippen LogP contribution in [0.1, 0.15) is 10.4 Å². The first-order valence-electron chi connectivity index (χ1n) is 9.41. The van der Waals surface area contributed by atoms with Crippen LogP contribution in [0, 0.1) is 0 Å². The van der Waals surface area contributed by atoms with Crippen molar-refractivity contribution in [2.24, 2.45) is 5.73 Å². The molecular formula is C22H19FN4O4. The van der Waals surface area contributed by atoms with Crippen molar-refractivity contribution in [3.05, 3.63) is 60.4 Å². The number of ether oxygens (including phenoxy) is 2. The minimum Gasteiger partial charge on any atom is -0.496 e. The molecule has 0 radical (unpaired) electrons. The first-order valence-corrected chi connectivity index (χ1v) is 9.41. The van der Waals surface area contributed by atoms with E-state index in [1.807, 2.05) is 0 Å². The second-order valence-corrected chi connectivity index (χ2v) is 6.67. The van der Waals surface area contributed by atoms with Crippen LogP contribution in [0.5, 0.6) is 17.2 Å². The Morgan fingerprint density at radius 3 is 2.74 bits per heavy atom. The lowest BCUT2D eigenvalue weighted by molar-refractivity contribution is 0.0997. The van der Waals surface area contributed by atoms with Gasteiger partial charge in [0.15, 0.2) is 0 Å². The Labute approximate surface area is 176 Å². The number of hydrogen-bond donors (Lipinski definition) is 2. The lowest BCUT2D eigenvalue weighted by Gasteiger charge is -2.12. The number of nitrogens with zero attached hydrogens (tertiary/aromatic N) is 2. The van der Waals surface area contributed by atoms with E-state index in [2.05, 4.69) is 10.3 Å². The van der Waals surface area contributed by atoms with E-state index in [4.69, 9.17) is 15.2 Å². The van der Waals surface area contributed by atoms with Crippen LogP contribution in [0.4, 0.5) is 9.18 Å². The van der Waals surface area contributed by atoms with Crippen LogP contribution in [0.2, 0.25) is 0 Å². The summed E-state index contributed by atoms with van der Waals surface area (Å²) in [5.74, 6) is 0.716. The molecule has 0 aliphatic carbocycles. The standard InChI is InChI=1S/C22H19FN4O4/c1-30-20-12-17-15(11-16(20)21(24)28)19(4-7-25-17)31-14-2-3-18-13(10-14)5-9-27(18)22(29)26-8-6-23/h2-5,7,9-12H,6,8H2,1H3,(H2,24,28)(H,26,29). The summed E-state index contributed by atoms with van der Waals surface area (Å²) in [7, 11) is 1.45. The summed E-state index contributed by atoms with van der Waals surface area (Å²) in [4.78, 5) is 28.2. The number of nitrogens with two attached hydrogens (primary N) is 1. The number of aromatic nitrogens is 2. The molecule has 31 heavy (non-hydrogen) atoms. The zero-order valence-corrected chi connectivity index (χ0v) is 16.6. The lowest BCUT2D eigenvalue weighted by atomic mass is 10.1. The lowest BCUT2D eigenvalue weighted by Crippen LogP contribution is -2.29. The number of hydrogen-bond acceptors (Lipinski definition) is 5. The predicted octanol–water partition coefficient (Wildman–Crippen LogP) is 3.62. The number of rotatable bonds is 6. The smallest absolute Gasteiger partial charge is 0.326 e. The van der Waals surface area contributed by atoms with Crippen LogP contribution in [0.25, 0.3) is 21.8 Å². The molecule has 0 bridgehead atoms. The number of fused-ring (bicyclic) bond motifs is 2. The molecule has 158 valence electrons. The van der Waals surface area contributed by atoms with Gasteiger partial charge in [-0.05, 0) is 36.4 Å². The van der Waals surface area contributed by atoms with E-state index in [-0.39, 0.29) is 12.1 Å². The van der Waals surface area contributed by atoms with Crippen LogP contribution in [-0.4, -0.2) is 41.8 Å². The number of benzene rings is 2. The van der Waals surface area contributed by atoms with Gasteiger partial charge in [0, 0.05) is 35.8 Å². The number of carbonyl (C=O) groups excluding carboxylic acids is 2. The molecule has 3 N–H and O–H groups in total. The van der Waals surface area contributed by atoms with Gasteiger partial charge in [0.2, 0.25) is 0 Å². The van der Waals surface area contributed by atoms with Gasteiger partial charge in [-0.3, -0.25) is 14.3 Å². The molecule has 2 heterocycles. The largest absolute Gasteiger partial charge is 0.496 e. The van der Waals surface area contributed by atoms with Crippen molar-refractivity contribution < 1.29 is 23.5 Å². The Hall–Kier alpha value is -4.14. The number of halogens is 1. The zero-order chi connectivity index (χ0) is 22.0. The van der Waals surface area contributed by atoms with Crippen LogP contribution in [-0.2, 0) is 0 Å². The number of methoxy groups -OCH3 is 1. The predicted molar refractivity (Wildman–Crippen MR) is 114 cm³/mol. The summed E-state index contributed by atoms with van der Waals surface area (Å²) < 4.78 is 25.0. The molecular weight excluding hydrogens is 403 g/mol. The van der Waals surface area contributed by atoms with Crippen molar-refractivity contribution in [3.8, 4) is 17.2 Å². The van der Waals surface area contributed by atoms with E-state index in [0.717, 1.165) is 5.39 Å². The molecule has 2 aromatic carbocycles. The van der Waals surface area contributed by atoms with Gasteiger partial charge in [-0.1, -0.05) is 0 Å². The highest BCUT2D eigenvalue weighted by Gasteiger charge is 2.15. The molecule has 2 amide bonds. The number of nitrogens with one attached hydrogen (secondary N) is 1. The fraction of sp³-hybridized carbons (Fsp3) is 0.136. The topological polar surface area (TPSA) is 108 Å². The van der Waals surface area contributed by atoms with Crippen molar-refractivity contribution in [3.63, 3.8) is 0 Å². The van der Waals surface area contributed by atoms with E-state index < -0.39 is 18.6 Å². The SMILES string of the molecule is COc1cc2nccc(Oc3ccc4c(ccn4C(=O)NCCF)c3)c2cc1C(N)=O. The highest BCUT2D eigenvalue weighted by Crippen LogP contribution is 2.34. The van der Waals surface area contributed by atoms with Gasteiger partial charge in [0.05, 0.1) is 23.7 Å². The molecule has 0 saturated heterocycles. The summed E-state index contributed by atoms with van der Waals surface area (Å²) in [6.45, 7) is -0.681. The molecule has 4 aromatic rings. The maximum Gasteiger partial charge on any atom is 0.326 e. The van der Waals surface area contributed by atoms with E-state index in [0.29, 0.717) is 33.7 Å². The van der Waals surface area contributed by atoms with Crippen molar-refractivity contribution in [1.29, 1.82) is 0 Å². The number of pyridine rings is 1. The first kappa shape index (κ1) is 20.1. The molecule has 0 aliphatic heterocycles. The van der Waals surface area contributed by atoms with Gasteiger partial charge in [-0.25, -0.2) is 9.18 Å². The van der Waals surface area contributed by atoms with Crippen LogP contribution in [0.15, 0.2) is 54.9 Å². The quantitative estimate of drug-likeness (QED) is 0.493. The summed E-state index contributed by atoms with van der Waals surface area (Å²) >= 11 is 0. The summed E-state index contributed by atoms with van der Waals surface area (Å²) in [6.07, 6.45) is 3.19. The number of primary amides is 1. The summed E-state index contributed by atoms with van der Waals surface area (Å²) in [5.41, 5.74) is 6.93. The minimum atomic E-state index is -0.633. The second kappa shape index (κ2) is 8.31. The maximum atomic E-state index is 12.3. The average molecular weight is 422 g/mol. The van der Waals surface area contributed by atoms with Gasteiger partial charge in [0.25, 0.3) is 5.91 Å². The Balaban J connectivity index is 1.69. The molecule has 0 saturated carbocycles. The fourth-order valence-electron chi connectivity index (χ4n) is 3.33. The van der Waals surface area contributed by atoms with E-state index in [1.165, 1.54) is 11.7 Å². The number of amides is 2. The first-order chi connectivity index (χ1) is 15.0. The molecule has 0 atom stereocenters. The highest BCUT2D eigenvalue weighted by atomic mass is 19.1. The van der Waals surface area contributed by atoms with Crippen LogP contribution in [0.3, 0.4) is 0 Å². The van der Waals surface area contributed by atoms with Crippen molar-refractivity contribution in [1.82, 2.24) is 14.9 Å². The van der Waals surface area contributed by atoms with Gasteiger partial charge in [-0.2, -0.15) is 0 Å². The zero-order valence-electron chi connectivity index (χ0n) is 16.6. The van der Waals surface area contributed by atoms with E-state index >= 15 is 0 Å². The molecule has 0 fully saturated rings. The third-order valence-corrected chi connectivity index (χ3v) is 4.77. The molecule has 0 unspecified atom stereocenters. The number of alkyl halides is 1. The van der Waals surface area contributed by atoms with Crippen LogP contribution >= 0.6 is 0 Å². The Bertz CT molecular complexity index is 1300. The Kier molecular flexibility index (Phi) is 5.40. The van der Waals surface area contributed by atoms with E-state index in [1.54, 1.807) is 54.9 Å². The molecule has 4 rings (SSSR count). The average Bonchev–Trinajstić information content (AvgIpc) is 3.20. The Morgan fingerprint density at radius 1 is 1.16 bits per heavy atom. The van der Waals surface area contributed by atoms with Crippen molar-refractivity contribution >= 4 is 33.7 Å². The fourth-order valence-corrected chi connectivity index (χ4v) is 3.33. The monoisotopic (exact) mass is 422 g/mol. The number of carbonyl (C=O) groups is 2. The van der Waals surface area contributed by atoms with Gasteiger partial charge < -0.3 is 20.5 Å². The normalized spacial score (nSPS) is 10.9. The third kappa shape index (κ3) is 3.85. The third-order valence-electron chi connectivity index (χ3n) is 4.77. The minimum absolute atomic E-state index is 0.0487. The maximum absolute atomic E-state index is 12.3. The van der Waals surface area contributed by atoms with Crippen LogP contribution < -0.4 is 20.5 Å². The van der Waals surface area contributed by atoms with Gasteiger partial charge >= 0.3 is 6.03 Å². The highest BCUT2D eigenvalue weighted by molar-refractivity contribution is 6.01. The summed E-state index contributed by atoms with van der Waals surface area (Å²) in [5, 5.41) is 3.85. The Morgan fingerprint density at radius 2 is 2.00 bits per heavy atom. The van der Waals surface area contributed by atoms with Gasteiger partial charge in [0.1, 0.15) is 23.9 Å². The van der Waals surface area contributed by atoms with Gasteiger partial charge in [-0.15, -0.1) is 0 Å². The molecule has 9 heteroatoms. The van der Waals surface area contributed by atoms with Crippen molar-refractivity contribution in [2.45, 2.75) is 0 Å². The summed E-state index contributed by atoms with van der Waals surface area (Å²) in [6, 6.07) is 11.5. The van der Waals surface area contributed by atoms with Crippen molar-refractivity contribution in [2.75, 3.05) is 20.3 Å². The molecule has 2 aromatic heterocycles. The molecule has 8 nitrogen and oxygen atoms in total. The molecule has 0 aliphatic rings.